The van der Waals surface area contributed by atoms with Crippen molar-refractivity contribution in [2.75, 3.05) is 13.7 Å². The summed E-state index contributed by atoms with van der Waals surface area (Å²) in [4.78, 5) is 27.3. The number of hydrogen-bond donors (Lipinski definition) is 1. The molecule has 0 atom stereocenters. The molecule has 1 aromatic carbocycles. The molecule has 1 aromatic heterocycles. The van der Waals surface area contributed by atoms with Crippen LogP contribution in [0.1, 0.15) is 51.2 Å². The number of aromatic nitrogens is 1. The monoisotopic (exact) mass is 412 g/mol. The molecule has 1 amide bonds. The summed E-state index contributed by atoms with van der Waals surface area (Å²) in [7, 11) is 1.40. The summed E-state index contributed by atoms with van der Waals surface area (Å²) < 4.78 is 9.88. The average Bonchev–Trinajstić information content (AvgIpc) is 2.71. The van der Waals surface area contributed by atoms with Crippen LogP contribution < -0.4 is 5.32 Å². The second kappa shape index (κ2) is 11.3. The molecule has 0 radical (unpaired) electrons. The van der Waals surface area contributed by atoms with Gasteiger partial charge in [0.25, 0.3) is 0 Å². The number of amides is 1. The summed E-state index contributed by atoms with van der Waals surface area (Å²) in [6.45, 7) is 6.17. The maximum atomic E-state index is 11.6. The number of benzene rings is 1. The van der Waals surface area contributed by atoms with Crippen LogP contribution in [0, 0.1) is 0 Å². The van der Waals surface area contributed by atoms with Crippen LogP contribution in [0.5, 0.6) is 0 Å². The van der Waals surface area contributed by atoms with E-state index in [1.807, 2.05) is 39.1 Å². The van der Waals surface area contributed by atoms with Crippen LogP contribution in [0.25, 0.3) is 11.3 Å². The molecule has 0 unspecified atom stereocenters. The van der Waals surface area contributed by atoms with Gasteiger partial charge in [0.1, 0.15) is 5.60 Å². The fraction of sp³-hybridized carbons (Fsp3) is 0.458. The first kappa shape index (κ1) is 23.4. The topological polar surface area (TPSA) is 77.5 Å². The van der Waals surface area contributed by atoms with Crippen LogP contribution in [-0.2, 0) is 27.1 Å². The highest BCUT2D eigenvalue weighted by atomic mass is 16.6. The smallest absolute Gasteiger partial charge is 0.407 e. The Hall–Kier alpha value is -2.89. The molecule has 0 aliphatic heterocycles. The highest BCUT2D eigenvalue weighted by Gasteiger charge is 2.15. The first-order valence-corrected chi connectivity index (χ1v) is 10.3. The number of aryl methyl sites for hydroxylation is 2. The minimum absolute atomic E-state index is 0.213. The maximum absolute atomic E-state index is 11.6. The number of rotatable bonds is 9. The van der Waals surface area contributed by atoms with Crippen molar-refractivity contribution in [2.45, 2.75) is 58.5 Å². The van der Waals surface area contributed by atoms with Crippen LogP contribution in [0.2, 0.25) is 0 Å². The molecule has 6 heteroatoms. The fourth-order valence-corrected chi connectivity index (χ4v) is 2.89. The van der Waals surface area contributed by atoms with E-state index in [4.69, 9.17) is 4.74 Å². The van der Waals surface area contributed by atoms with E-state index in [1.54, 1.807) is 0 Å². The molecule has 0 saturated heterocycles. The zero-order valence-corrected chi connectivity index (χ0v) is 18.4. The van der Waals surface area contributed by atoms with Crippen LogP contribution >= 0.6 is 0 Å². The van der Waals surface area contributed by atoms with Gasteiger partial charge in [0.2, 0.25) is 0 Å². The second-order valence-electron chi connectivity index (χ2n) is 8.21. The quantitative estimate of drug-likeness (QED) is 0.477. The van der Waals surface area contributed by atoms with E-state index in [1.165, 1.54) is 12.7 Å². The summed E-state index contributed by atoms with van der Waals surface area (Å²) in [5, 5.41) is 2.78. The first-order chi connectivity index (χ1) is 14.3. The van der Waals surface area contributed by atoms with Gasteiger partial charge in [-0.2, -0.15) is 0 Å². The van der Waals surface area contributed by atoms with E-state index in [-0.39, 0.29) is 12.1 Å². The fourth-order valence-electron chi connectivity index (χ4n) is 2.89. The maximum Gasteiger partial charge on any atom is 0.407 e. The average molecular weight is 413 g/mol. The molecule has 2 aromatic rings. The van der Waals surface area contributed by atoms with Gasteiger partial charge >= 0.3 is 12.1 Å². The van der Waals surface area contributed by atoms with Crippen LogP contribution in [0.15, 0.2) is 42.6 Å². The molecule has 30 heavy (non-hydrogen) atoms. The molecule has 0 saturated carbocycles. The van der Waals surface area contributed by atoms with Gasteiger partial charge in [-0.25, -0.2) is 4.79 Å². The molecular formula is C24H32N2O4. The first-order valence-electron chi connectivity index (χ1n) is 10.3. The van der Waals surface area contributed by atoms with Crippen molar-refractivity contribution in [1.29, 1.82) is 0 Å². The zero-order chi connectivity index (χ0) is 22.0. The number of carbonyl (C=O) groups is 2. The second-order valence-corrected chi connectivity index (χ2v) is 8.21. The summed E-state index contributed by atoms with van der Waals surface area (Å²) in [6, 6.07) is 12.4. The van der Waals surface area contributed by atoms with E-state index < -0.39 is 5.60 Å². The summed E-state index contributed by atoms with van der Waals surface area (Å²) >= 11 is 0. The summed E-state index contributed by atoms with van der Waals surface area (Å²) in [5.74, 6) is -0.213. The van der Waals surface area contributed by atoms with Crippen molar-refractivity contribution in [3.8, 4) is 11.3 Å². The third-order valence-corrected chi connectivity index (χ3v) is 4.48. The predicted octanol–water partition coefficient (Wildman–Crippen LogP) is 4.70. The molecule has 2 rings (SSSR count). The molecule has 0 fully saturated rings. The molecule has 1 N–H and O–H groups in total. The lowest BCUT2D eigenvalue weighted by molar-refractivity contribution is -0.140. The number of hydrogen-bond acceptors (Lipinski definition) is 5. The largest absolute Gasteiger partial charge is 0.469 e. The standard InChI is InChI=1S/C24H32N2O4/c1-24(2,3)30-23(28)25-16-6-5-7-18-8-12-20(13-9-18)21-14-10-19(17-26-21)11-15-22(27)29-4/h8-10,12-14,17H,5-7,11,15-16H2,1-4H3,(H,25,28). The van der Waals surface area contributed by atoms with E-state index in [2.05, 4.69) is 39.3 Å². The van der Waals surface area contributed by atoms with E-state index in [0.29, 0.717) is 19.4 Å². The molecule has 1 heterocycles. The number of methoxy groups -OCH3 is 1. The normalized spacial score (nSPS) is 11.1. The lowest BCUT2D eigenvalue weighted by atomic mass is 10.0. The van der Waals surface area contributed by atoms with Crippen molar-refractivity contribution < 1.29 is 19.1 Å². The molecule has 0 aliphatic carbocycles. The minimum atomic E-state index is -0.468. The van der Waals surface area contributed by atoms with Crippen LogP contribution in [-0.4, -0.2) is 36.3 Å². The van der Waals surface area contributed by atoms with Gasteiger partial charge in [0.05, 0.1) is 12.8 Å². The highest BCUT2D eigenvalue weighted by molar-refractivity contribution is 5.69. The SMILES string of the molecule is COC(=O)CCc1ccc(-c2ccc(CCCCNC(=O)OC(C)(C)C)cc2)nc1. The van der Waals surface area contributed by atoms with E-state index >= 15 is 0 Å². The highest BCUT2D eigenvalue weighted by Crippen LogP contribution is 2.19. The number of pyridine rings is 1. The Morgan fingerprint density at radius 1 is 0.967 bits per heavy atom. The van der Waals surface area contributed by atoms with Crippen molar-refractivity contribution in [1.82, 2.24) is 10.3 Å². The van der Waals surface area contributed by atoms with Crippen LogP contribution in [0.3, 0.4) is 0 Å². The number of unbranched alkanes of at least 4 members (excludes halogenated alkanes) is 1. The van der Waals surface area contributed by atoms with Gasteiger partial charge < -0.3 is 14.8 Å². The van der Waals surface area contributed by atoms with Gasteiger partial charge in [0, 0.05) is 24.7 Å². The Morgan fingerprint density at radius 2 is 1.67 bits per heavy atom. The number of esters is 1. The third kappa shape index (κ3) is 8.64. The van der Waals surface area contributed by atoms with E-state index in [0.717, 1.165) is 36.1 Å². The molecule has 6 nitrogen and oxygen atoms in total. The molecular weight excluding hydrogens is 380 g/mol. The number of carbonyl (C=O) groups excluding carboxylic acids is 2. The van der Waals surface area contributed by atoms with Gasteiger partial charge in [-0.05, 0) is 63.6 Å². The Morgan fingerprint density at radius 3 is 2.27 bits per heavy atom. The van der Waals surface area contributed by atoms with Crippen molar-refractivity contribution in [3.05, 3.63) is 53.7 Å². The van der Waals surface area contributed by atoms with Crippen LogP contribution in [0.4, 0.5) is 4.79 Å². The van der Waals surface area contributed by atoms with Crippen molar-refractivity contribution >= 4 is 12.1 Å². The number of nitrogens with zero attached hydrogens (tertiary/aromatic N) is 1. The number of nitrogens with one attached hydrogen (secondary N) is 1. The molecule has 0 bridgehead atoms. The van der Waals surface area contributed by atoms with Gasteiger partial charge in [-0.3, -0.25) is 9.78 Å². The Kier molecular flexibility index (Phi) is 8.84. The molecule has 0 aliphatic rings. The minimum Gasteiger partial charge on any atom is -0.469 e. The predicted molar refractivity (Wildman–Crippen MR) is 117 cm³/mol. The van der Waals surface area contributed by atoms with Gasteiger partial charge in [-0.15, -0.1) is 0 Å². The number of ether oxygens (including phenoxy) is 2. The molecule has 162 valence electrons. The van der Waals surface area contributed by atoms with Gasteiger partial charge in [0.15, 0.2) is 0 Å². The summed E-state index contributed by atoms with van der Waals surface area (Å²) in [6.07, 6.45) is 5.27. The summed E-state index contributed by atoms with van der Waals surface area (Å²) in [5.41, 5.74) is 3.77. The lowest BCUT2D eigenvalue weighted by Crippen LogP contribution is -2.33. The Labute approximate surface area is 179 Å². The van der Waals surface area contributed by atoms with Gasteiger partial charge in [-0.1, -0.05) is 30.3 Å². The lowest BCUT2D eigenvalue weighted by Gasteiger charge is -2.19. The van der Waals surface area contributed by atoms with E-state index in [9.17, 15) is 9.59 Å². The van der Waals surface area contributed by atoms with Crippen molar-refractivity contribution in [3.63, 3.8) is 0 Å². The molecule has 0 spiro atoms. The number of alkyl carbamates (subject to hydrolysis) is 1. The Bertz CT molecular complexity index is 809. The zero-order valence-electron chi connectivity index (χ0n) is 18.4. The third-order valence-electron chi connectivity index (χ3n) is 4.48. The Balaban J connectivity index is 1.74. The van der Waals surface area contributed by atoms with Crippen molar-refractivity contribution in [2.24, 2.45) is 0 Å².